The molecule has 0 spiro atoms. The van der Waals surface area contributed by atoms with Crippen LogP contribution in [0.4, 0.5) is 0 Å². The number of hydrogen-bond donors (Lipinski definition) is 3. The maximum absolute atomic E-state index is 13.8. The summed E-state index contributed by atoms with van der Waals surface area (Å²) in [5.74, 6) is 1.75. The van der Waals surface area contributed by atoms with E-state index in [4.69, 9.17) is 4.74 Å². The standard InChI is InChI=1S/C31H43IN2O6/c1-19(36)7-6-10-28(37)34(18-20-11-12-22-17-23(20)31(22,2)3)25-15-21(30(39)33-13-14-35)16-27(29(25)38)40-26-9-5-4-8-24(26)32/h4-5,8-9,16,20,22-23,25,27,29,35,38H,6-7,10-15,17-18H2,1-3H3,(H,33,39). The van der Waals surface area contributed by atoms with Gasteiger partial charge in [0.25, 0.3) is 0 Å². The molecule has 2 amide bonds. The number of Topliss-reactive ketones (excluding diaryl/α,β-unsaturated/α-hetero) is 1. The van der Waals surface area contributed by atoms with E-state index in [2.05, 4.69) is 41.8 Å². The molecule has 6 unspecified atom stereocenters. The molecular formula is C31H43IN2O6. The predicted octanol–water partition coefficient (Wildman–Crippen LogP) is 3.87. The van der Waals surface area contributed by atoms with Gasteiger partial charge in [0.15, 0.2) is 0 Å². The number of amides is 2. The van der Waals surface area contributed by atoms with Crippen LogP contribution in [0, 0.1) is 26.7 Å². The van der Waals surface area contributed by atoms with Crippen molar-refractivity contribution in [1.82, 2.24) is 10.2 Å². The van der Waals surface area contributed by atoms with Gasteiger partial charge in [0.05, 0.1) is 16.2 Å². The smallest absolute Gasteiger partial charge is 0.247 e. The molecule has 8 nitrogen and oxygen atoms in total. The van der Waals surface area contributed by atoms with Crippen LogP contribution in [-0.4, -0.2) is 70.7 Å². The number of hydrogen-bond acceptors (Lipinski definition) is 6. The Labute approximate surface area is 251 Å². The van der Waals surface area contributed by atoms with Crippen LogP contribution in [-0.2, 0) is 14.4 Å². The molecule has 2 bridgehead atoms. The predicted molar refractivity (Wildman–Crippen MR) is 161 cm³/mol. The number of aliphatic hydroxyl groups excluding tert-OH is 2. The van der Waals surface area contributed by atoms with Crippen molar-refractivity contribution in [3.63, 3.8) is 0 Å². The molecule has 4 aliphatic rings. The van der Waals surface area contributed by atoms with Gasteiger partial charge in [-0.2, -0.15) is 0 Å². The van der Waals surface area contributed by atoms with Gasteiger partial charge < -0.3 is 30.0 Å². The molecule has 1 aromatic rings. The molecule has 6 atom stereocenters. The molecule has 220 valence electrons. The van der Waals surface area contributed by atoms with E-state index >= 15 is 0 Å². The normalized spacial score (nSPS) is 28.6. The molecule has 3 N–H and O–H groups in total. The first-order chi connectivity index (χ1) is 19.0. The molecule has 40 heavy (non-hydrogen) atoms. The van der Waals surface area contributed by atoms with Crippen LogP contribution in [0.5, 0.6) is 5.75 Å². The lowest BCUT2D eigenvalue weighted by atomic mass is 9.45. The Hall–Kier alpha value is -1.98. The van der Waals surface area contributed by atoms with Crippen LogP contribution < -0.4 is 10.1 Å². The van der Waals surface area contributed by atoms with Gasteiger partial charge in [-0.05, 0) is 96.6 Å². The van der Waals surface area contributed by atoms with Crippen LogP contribution in [0.1, 0.15) is 65.7 Å². The number of aliphatic hydroxyl groups is 2. The van der Waals surface area contributed by atoms with Gasteiger partial charge in [-0.1, -0.05) is 26.0 Å². The summed E-state index contributed by atoms with van der Waals surface area (Å²) in [5, 5.41) is 23.7. The van der Waals surface area contributed by atoms with E-state index in [1.807, 2.05) is 24.3 Å². The average Bonchev–Trinajstić information content (AvgIpc) is 2.92. The topological polar surface area (TPSA) is 116 Å². The molecule has 0 saturated heterocycles. The number of nitrogens with one attached hydrogen (secondary N) is 1. The number of ketones is 1. The summed E-state index contributed by atoms with van der Waals surface area (Å²) >= 11 is 2.17. The second-order valence-corrected chi connectivity index (χ2v) is 13.4. The first kappa shape index (κ1) is 31.0. The van der Waals surface area contributed by atoms with Crippen molar-refractivity contribution in [1.29, 1.82) is 0 Å². The second-order valence-electron chi connectivity index (χ2n) is 12.2. The third-order valence-corrected chi connectivity index (χ3v) is 10.3. The zero-order valence-corrected chi connectivity index (χ0v) is 25.9. The molecule has 0 radical (unpaired) electrons. The molecule has 1 aromatic carbocycles. The lowest BCUT2D eigenvalue weighted by Gasteiger charge is -2.61. The van der Waals surface area contributed by atoms with Gasteiger partial charge >= 0.3 is 0 Å². The lowest BCUT2D eigenvalue weighted by molar-refractivity contribution is -0.148. The number of nitrogens with zero attached hydrogens (tertiary/aromatic N) is 1. The van der Waals surface area contributed by atoms with Crippen LogP contribution in [0.15, 0.2) is 35.9 Å². The van der Waals surface area contributed by atoms with Gasteiger partial charge in [0.2, 0.25) is 11.8 Å². The maximum atomic E-state index is 13.8. The Balaban J connectivity index is 1.63. The largest absolute Gasteiger partial charge is 0.482 e. The number of fused-ring (bicyclic) bond motifs is 2. The fraction of sp³-hybridized carbons (Fsp3) is 0.645. The van der Waals surface area contributed by atoms with E-state index in [-0.39, 0.29) is 49.0 Å². The summed E-state index contributed by atoms with van der Waals surface area (Å²) in [7, 11) is 0. The highest BCUT2D eigenvalue weighted by Gasteiger charge is 2.55. The van der Waals surface area contributed by atoms with Gasteiger partial charge in [0.1, 0.15) is 23.7 Å². The monoisotopic (exact) mass is 666 g/mol. The van der Waals surface area contributed by atoms with E-state index in [9.17, 15) is 24.6 Å². The zero-order chi connectivity index (χ0) is 29.0. The minimum atomic E-state index is -1.05. The Morgan fingerprint density at radius 1 is 1.18 bits per heavy atom. The average molecular weight is 667 g/mol. The van der Waals surface area contributed by atoms with Crippen LogP contribution in [0.2, 0.25) is 0 Å². The minimum Gasteiger partial charge on any atom is -0.482 e. The molecule has 0 heterocycles. The van der Waals surface area contributed by atoms with Crippen LogP contribution in [0.3, 0.4) is 0 Å². The van der Waals surface area contributed by atoms with Gasteiger partial charge in [-0.3, -0.25) is 9.59 Å². The molecule has 3 fully saturated rings. The van der Waals surface area contributed by atoms with E-state index in [0.717, 1.165) is 22.3 Å². The highest BCUT2D eigenvalue weighted by Crippen LogP contribution is 2.61. The van der Waals surface area contributed by atoms with E-state index in [1.165, 1.54) is 13.3 Å². The Bertz CT molecular complexity index is 1120. The summed E-state index contributed by atoms with van der Waals surface area (Å²) in [6.07, 6.45) is 4.30. The Morgan fingerprint density at radius 3 is 2.58 bits per heavy atom. The van der Waals surface area contributed by atoms with Crippen molar-refractivity contribution in [2.24, 2.45) is 23.2 Å². The molecule has 0 aromatic heterocycles. The van der Waals surface area contributed by atoms with Crippen molar-refractivity contribution in [2.75, 3.05) is 19.7 Å². The first-order valence-electron chi connectivity index (χ1n) is 14.5. The fourth-order valence-corrected chi connectivity index (χ4v) is 7.47. The van der Waals surface area contributed by atoms with Gasteiger partial charge in [0, 0.05) is 37.9 Å². The van der Waals surface area contributed by atoms with Crippen molar-refractivity contribution < 1.29 is 29.3 Å². The summed E-state index contributed by atoms with van der Waals surface area (Å²) < 4.78 is 7.13. The number of halogens is 1. The number of carbonyl (C=O) groups is 3. The number of benzene rings is 1. The van der Waals surface area contributed by atoms with Crippen molar-refractivity contribution in [3.8, 4) is 5.75 Å². The second kappa shape index (κ2) is 13.3. The molecule has 5 rings (SSSR count). The Kier molecular flexibility index (Phi) is 10.3. The van der Waals surface area contributed by atoms with Crippen LogP contribution >= 0.6 is 22.6 Å². The third-order valence-electron chi connectivity index (χ3n) is 9.39. The number of ether oxygens (including phenoxy) is 1. The van der Waals surface area contributed by atoms with E-state index in [0.29, 0.717) is 42.5 Å². The van der Waals surface area contributed by atoms with Crippen molar-refractivity contribution in [3.05, 3.63) is 39.5 Å². The number of carbonyl (C=O) groups excluding carboxylic acids is 3. The highest BCUT2D eigenvalue weighted by atomic mass is 127. The zero-order valence-electron chi connectivity index (χ0n) is 23.8. The summed E-state index contributed by atoms with van der Waals surface area (Å²) in [6, 6.07) is 6.82. The maximum Gasteiger partial charge on any atom is 0.247 e. The van der Waals surface area contributed by atoms with Crippen LogP contribution in [0.25, 0.3) is 0 Å². The SMILES string of the molecule is CC(=O)CCCC(=O)N(CC1CCC2CC1C2(C)C)C1CC(C(=O)NCCO)=CC(Oc2ccccc2I)C1O. The number of rotatable bonds is 12. The Morgan fingerprint density at radius 2 is 1.93 bits per heavy atom. The van der Waals surface area contributed by atoms with Gasteiger partial charge in [-0.25, -0.2) is 0 Å². The lowest BCUT2D eigenvalue weighted by Crippen LogP contribution is -2.59. The third kappa shape index (κ3) is 6.90. The van der Waals surface area contributed by atoms with Crippen molar-refractivity contribution >= 4 is 40.2 Å². The minimum absolute atomic E-state index is 0.0447. The molecule has 0 aliphatic heterocycles. The van der Waals surface area contributed by atoms with E-state index < -0.39 is 18.2 Å². The van der Waals surface area contributed by atoms with E-state index in [1.54, 1.807) is 11.0 Å². The number of para-hydroxylation sites is 1. The molecule has 9 heteroatoms. The summed E-state index contributed by atoms with van der Waals surface area (Å²) in [4.78, 5) is 40.3. The van der Waals surface area contributed by atoms with Crippen molar-refractivity contribution in [2.45, 2.75) is 84.0 Å². The van der Waals surface area contributed by atoms with Gasteiger partial charge in [-0.15, -0.1) is 0 Å². The molecule has 4 aliphatic carbocycles. The summed E-state index contributed by atoms with van der Waals surface area (Å²) in [6.45, 7) is 6.61. The summed E-state index contributed by atoms with van der Waals surface area (Å²) in [5.41, 5.74) is 0.663. The molecule has 3 saturated carbocycles. The first-order valence-corrected chi connectivity index (χ1v) is 15.6. The highest BCUT2D eigenvalue weighted by molar-refractivity contribution is 14.1. The fourth-order valence-electron chi connectivity index (χ4n) is 6.95. The quantitative estimate of drug-likeness (QED) is 0.292. The molecular weight excluding hydrogens is 623 g/mol.